The first-order valence-corrected chi connectivity index (χ1v) is 16.7. The number of anilines is 1. The Morgan fingerprint density at radius 3 is 2.09 bits per heavy atom. The van der Waals surface area contributed by atoms with Gasteiger partial charge in [0.2, 0.25) is 6.79 Å². The quantitative estimate of drug-likeness (QED) is 0.201. The van der Waals surface area contributed by atoms with E-state index >= 15 is 0 Å². The zero-order valence-electron chi connectivity index (χ0n) is 27.4. The number of benzene rings is 5. The molecule has 47 heavy (non-hydrogen) atoms. The standard InChI is InChI=1S/C42H39NO4/c1-40(2)34-13-9-8-12-30(34)37-32-24-35-36(46-26-45-35)25-33(32)39-31(38(37)41(40,3)4)18-19-42(47-39,27-10-6-5-7-11-27)28-14-16-29(17-15-28)43-20-22-44-23-21-43/h5-19,24-25H,20-23,26H2,1-4H3. The van der Waals surface area contributed by atoms with E-state index in [2.05, 4.69) is 136 Å². The lowest BCUT2D eigenvalue weighted by molar-refractivity contribution is 0.122. The molecule has 5 aromatic rings. The van der Waals surface area contributed by atoms with Gasteiger partial charge in [-0.3, -0.25) is 0 Å². The second kappa shape index (κ2) is 10.1. The van der Waals surface area contributed by atoms with Crippen molar-refractivity contribution in [1.29, 1.82) is 0 Å². The second-order valence-electron chi connectivity index (χ2n) is 14.2. The SMILES string of the molecule is CC1(C)c2ccccc2-c2c(c3c(c4cc5c(cc24)OCO5)OC(c2ccccc2)(c2ccc(N4CCOCC4)cc2)C=C3)C1(C)C. The molecule has 0 bridgehead atoms. The van der Waals surface area contributed by atoms with Crippen molar-refractivity contribution >= 4 is 22.5 Å². The Bertz CT molecular complexity index is 2070. The predicted molar refractivity (Wildman–Crippen MR) is 188 cm³/mol. The molecule has 5 heteroatoms. The third-order valence-electron chi connectivity index (χ3n) is 11.5. The highest BCUT2D eigenvalue weighted by atomic mass is 16.7. The fraction of sp³-hybridized carbons (Fsp3) is 0.286. The van der Waals surface area contributed by atoms with Gasteiger partial charge in [-0.05, 0) is 63.4 Å². The summed E-state index contributed by atoms with van der Waals surface area (Å²) < 4.78 is 25.1. The molecule has 0 aromatic heterocycles. The number of morpholine rings is 1. The van der Waals surface area contributed by atoms with Crippen molar-refractivity contribution in [3.05, 3.63) is 125 Å². The molecule has 0 spiro atoms. The minimum Gasteiger partial charge on any atom is -0.472 e. The molecule has 0 radical (unpaired) electrons. The number of hydrogen-bond donors (Lipinski definition) is 0. The van der Waals surface area contributed by atoms with Crippen LogP contribution in [0.15, 0.2) is 97.1 Å². The Morgan fingerprint density at radius 2 is 1.34 bits per heavy atom. The number of nitrogens with zero attached hydrogens (tertiary/aromatic N) is 1. The van der Waals surface area contributed by atoms with Crippen molar-refractivity contribution in [1.82, 2.24) is 0 Å². The summed E-state index contributed by atoms with van der Waals surface area (Å²) in [7, 11) is 0. The van der Waals surface area contributed by atoms with Crippen LogP contribution in [-0.4, -0.2) is 33.1 Å². The molecule has 1 fully saturated rings. The fourth-order valence-corrected chi connectivity index (χ4v) is 8.26. The number of hydrogen-bond acceptors (Lipinski definition) is 5. The van der Waals surface area contributed by atoms with E-state index in [4.69, 9.17) is 18.9 Å². The normalized spacial score (nSPS) is 21.5. The van der Waals surface area contributed by atoms with Gasteiger partial charge in [0, 0.05) is 46.3 Å². The Hall–Kier alpha value is -4.74. The van der Waals surface area contributed by atoms with Crippen molar-refractivity contribution in [3.8, 4) is 28.4 Å². The van der Waals surface area contributed by atoms with Gasteiger partial charge in [-0.2, -0.15) is 0 Å². The summed E-state index contributed by atoms with van der Waals surface area (Å²) in [6, 6.07) is 32.7. The van der Waals surface area contributed by atoms with Crippen LogP contribution in [0.3, 0.4) is 0 Å². The maximum Gasteiger partial charge on any atom is 0.231 e. The van der Waals surface area contributed by atoms with Crippen LogP contribution in [-0.2, 0) is 21.2 Å². The van der Waals surface area contributed by atoms with E-state index in [0.29, 0.717) is 0 Å². The molecule has 3 heterocycles. The zero-order chi connectivity index (χ0) is 32.0. The summed E-state index contributed by atoms with van der Waals surface area (Å²) in [4.78, 5) is 2.39. The molecule has 0 saturated carbocycles. The highest BCUT2D eigenvalue weighted by Crippen LogP contribution is 2.61. The first-order valence-electron chi connectivity index (χ1n) is 16.7. The molecule has 0 amide bonds. The maximum atomic E-state index is 7.55. The molecule has 9 rings (SSSR count). The van der Waals surface area contributed by atoms with Crippen molar-refractivity contribution in [2.24, 2.45) is 0 Å². The van der Waals surface area contributed by atoms with Gasteiger partial charge < -0.3 is 23.8 Å². The molecule has 5 aromatic carbocycles. The Balaban J connectivity index is 1.32. The third-order valence-corrected chi connectivity index (χ3v) is 11.5. The van der Waals surface area contributed by atoms with E-state index in [-0.39, 0.29) is 17.6 Å². The average Bonchev–Trinajstić information content (AvgIpc) is 3.58. The highest BCUT2D eigenvalue weighted by Gasteiger charge is 2.49. The predicted octanol–water partition coefficient (Wildman–Crippen LogP) is 8.99. The third kappa shape index (κ3) is 3.99. The van der Waals surface area contributed by atoms with Crippen LogP contribution in [0.4, 0.5) is 5.69 Å². The molecule has 1 unspecified atom stereocenters. The monoisotopic (exact) mass is 621 g/mol. The fourth-order valence-electron chi connectivity index (χ4n) is 8.26. The van der Waals surface area contributed by atoms with Crippen LogP contribution in [0.2, 0.25) is 0 Å². The maximum absolute atomic E-state index is 7.55. The zero-order valence-corrected chi connectivity index (χ0v) is 27.4. The molecule has 1 saturated heterocycles. The summed E-state index contributed by atoms with van der Waals surface area (Å²) in [6.45, 7) is 13.1. The number of rotatable bonds is 3. The Kier molecular flexibility index (Phi) is 6.14. The van der Waals surface area contributed by atoms with Gasteiger partial charge in [0.25, 0.3) is 0 Å². The first kappa shape index (κ1) is 28.5. The summed E-state index contributed by atoms with van der Waals surface area (Å²) in [5.41, 5.74) is 8.51. The minimum absolute atomic E-state index is 0.133. The number of fused-ring (bicyclic) bond motifs is 9. The van der Waals surface area contributed by atoms with Gasteiger partial charge in [0.1, 0.15) is 5.75 Å². The Morgan fingerprint density at radius 1 is 0.681 bits per heavy atom. The molecule has 3 aliphatic heterocycles. The summed E-state index contributed by atoms with van der Waals surface area (Å²) >= 11 is 0. The summed E-state index contributed by atoms with van der Waals surface area (Å²) in [6.07, 6.45) is 4.60. The van der Waals surface area contributed by atoms with E-state index in [1.165, 1.54) is 27.9 Å². The van der Waals surface area contributed by atoms with Gasteiger partial charge in [0.05, 0.1) is 13.2 Å². The number of ether oxygens (including phenoxy) is 4. The Labute approximate surface area is 276 Å². The van der Waals surface area contributed by atoms with Crippen LogP contribution < -0.4 is 19.1 Å². The van der Waals surface area contributed by atoms with Crippen molar-refractivity contribution in [2.75, 3.05) is 38.0 Å². The largest absolute Gasteiger partial charge is 0.472 e. The average molecular weight is 622 g/mol. The molecule has 5 nitrogen and oxygen atoms in total. The lowest BCUT2D eigenvalue weighted by atomic mass is 9.54. The molecule has 236 valence electrons. The topological polar surface area (TPSA) is 40.2 Å². The van der Waals surface area contributed by atoms with Gasteiger partial charge >= 0.3 is 0 Å². The van der Waals surface area contributed by atoms with Crippen LogP contribution in [0.1, 0.15) is 55.5 Å². The van der Waals surface area contributed by atoms with Crippen molar-refractivity contribution < 1.29 is 18.9 Å². The van der Waals surface area contributed by atoms with Crippen molar-refractivity contribution in [3.63, 3.8) is 0 Å². The van der Waals surface area contributed by atoms with E-state index in [9.17, 15) is 0 Å². The smallest absolute Gasteiger partial charge is 0.231 e. The summed E-state index contributed by atoms with van der Waals surface area (Å²) in [5, 5.41) is 2.15. The summed E-state index contributed by atoms with van der Waals surface area (Å²) in [5.74, 6) is 2.41. The van der Waals surface area contributed by atoms with E-state index < -0.39 is 5.60 Å². The minimum atomic E-state index is -0.832. The molecular formula is C42H39NO4. The van der Waals surface area contributed by atoms with E-state index in [0.717, 1.165) is 71.0 Å². The lowest BCUT2D eigenvalue weighted by Crippen LogP contribution is -2.44. The van der Waals surface area contributed by atoms with Gasteiger partial charge in [-0.15, -0.1) is 0 Å². The highest BCUT2D eigenvalue weighted by molar-refractivity contribution is 6.08. The molecular weight excluding hydrogens is 582 g/mol. The molecule has 1 atom stereocenters. The second-order valence-corrected chi connectivity index (χ2v) is 14.2. The van der Waals surface area contributed by atoms with E-state index in [1.54, 1.807) is 0 Å². The van der Waals surface area contributed by atoms with Gasteiger partial charge in [-0.25, -0.2) is 0 Å². The van der Waals surface area contributed by atoms with Crippen LogP contribution in [0.5, 0.6) is 17.2 Å². The lowest BCUT2D eigenvalue weighted by Gasteiger charge is -2.50. The van der Waals surface area contributed by atoms with Crippen LogP contribution in [0, 0.1) is 0 Å². The molecule has 0 N–H and O–H groups in total. The van der Waals surface area contributed by atoms with E-state index in [1.807, 2.05) is 0 Å². The van der Waals surface area contributed by atoms with Gasteiger partial charge in [-0.1, -0.05) is 101 Å². The van der Waals surface area contributed by atoms with Crippen molar-refractivity contribution in [2.45, 2.75) is 44.1 Å². The van der Waals surface area contributed by atoms with Crippen LogP contribution >= 0.6 is 0 Å². The first-order chi connectivity index (χ1) is 22.8. The van der Waals surface area contributed by atoms with Gasteiger partial charge in [0.15, 0.2) is 17.1 Å². The van der Waals surface area contributed by atoms with Crippen LogP contribution in [0.25, 0.3) is 28.0 Å². The molecule has 4 aliphatic rings. The molecule has 1 aliphatic carbocycles.